The van der Waals surface area contributed by atoms with Crippen LogP contribution in [-0.4, -0.2) is 40.0 Å². The molecule has 0 aliphatic rings. The average molecular weight is 451 g/mol. The molecule has 2 unspecified atom stereocenters. The molecule has 0 bridgehead atoms. The van der Waals surface area contributed by atoms with Crippen LogP contribution in [0.25, 0.3) is 10.8 Å². The number of aliphatic hydroxyl groups excluding tert-OH is 1. The molecule has 2 atom stereocenters. The van der Waals surface area contributed by atoms with Gasteiger partial charge in [-0.05, 0) is 53.1 Å². The summed E-state index contributed by atoms with van der Waals surface area (Å²) in [4.78, 5) is 22.3. The summed E-state index contributed by atoms with van der Waals surface area (Å²) in [6.45, 7) is -0.193. The number of unbranched alkanes of at least 4 members (excludes halogenated alkanes) is 2. The number of aryl methyl sites for hydroxylation is 2. The molecule has 6 nitrogen and oxygen atoms in total. The number of ether oxygens (including phenoxy) is 1. The van der Waals surface area contributed by atoms with Gasteiger partial charge in [0.25, 0.3) is 0 Å². The summed E-state index contributed by atoms with van der Waals surface area (Å²) in [5.74, 6) is -2.46. The van der Waals surface area contributed by atoms with Crippen molar-refractivity contribution >= 4 is 22.7 Å². The zero-order chi connectivity index (χ0) is 23.6. The first kappa shape index (κ1) is 24.4. The van der Waals surface area contributed by atoms with Crippen LogP contribution in [-0.2, 0) is 27.2 Å². The van der Waals surface area contributed by atoms with Gasteiger partial charge < -0.3 is 20.1 Å². The van der Waals surface area contributed by atoms with E-state index in [-0.39, 0.29) is 13.0 Å². The van der Waals surface area contributed by atoms with Gasteiger partial charge in [-0.25, -0.2) is 4.79 Å². The predicted molar refractivity (Wildman–Crippen MR) is 126 cm³/mol. The number of fused-ring (bicyclic) bond motifs is 1. The summed E-state index contributed by atoms with van der Waals surface area (Å²) in [5, 5.41) is 30.2. The van der Waals surface area contributed by atoms with Gasteiger partial charge in [-0.1, -0.05) is 73.2 Å². The van der Waals surface area contributed by atoms with Crippen LogP contribution in [0.1, 0.15) is 48.5 Å². The Kier molecular flexibility index (Phi) is 8.98. The van der Waals surface area contributed by atoms with Crippen LogP contribution in [0, 0.1) is 0 Å². The molecule has 0 aliphatic heterocycles. The van der Waals surface area contributed by atoms with Gasteiger partial charge in [0.15, 0.2) is 6.10 Å². The number of carbonyl (C=O) groups is 2. The largest absolute Gasteiger partial charge is 0.481 e. The van der Waals surface area contributed by atoms with Gasteiger partial charge >= 0.3 is 11.9 Å². The average Bonchev–Trinajstić information content (AvgIpc) is 2.81. The number of benzene rings is 3. The molecular weight excluding hydrogens is 420 g/mol. The fourth-order valence-corrected chi connectivity index (χ4v) is 3.98. The second-order valence-corrected chi connectivity index (χ2v) is 8.17. The number of carboxylic acids is 2. The minimum absolute atomic E-state index is 0.193. The Bertz CT molecular complexity index is 1060. The number of rotatable bonds is 13. The van der Waals surface area contributed by atoms with Crippen LogP contribution >= 0.6 is 0 Å². The molecule has 3 aromatic rings. The first-order chi connectivity index (χ1) is 16.0. The van der Waals surface area contributed by atoms with Gasteiger partial charge in [-0.2, -0.15) is 0 Å². The molecule has 6 heteroatoms. The van der Waals surface area contributed by atoms with Crippen molar-refractivity contribution in [3.63, 3.8) is 0 Å². The van der Waals surface area contributed by atoms with E-state index in [0.29, 0.717) is 5.56 Å². The second kappa shape index (κ2) is 12.1. The summed E-state index contributed by atoms with van der Waals surface area (Å²) < 4.78 is 5.55. The van der Waals surface area contributed by atoms with Crippen LogP contribution in [0.2, 0.25) is 0 Å². The third kappa shape index (κ3) is 7.14. The second-order valence-electron chi connectivity index (χ2n) is 8.17. The lowest BCUT2D eigenvalue weighted by molar-refractivity contribution is -0.156. The Balaban J connectivity index is 1.71. The lowest BCUT2D eigenvalue weighted by atomic mass is 9.94. The minimum atomic E-state index is -1.80. The van der Waals surface area contributed by atoms with Crippen molar-refractivity contribution in [1.82, 2.24) is 0 Å². The Morgan fingerprint density at radius 2 is 1.55 bits per heavy atom. The lowest BCUT2D eigenvalue weighted by Gasteiger charge is -2.22. The van der Waals surface area contributed by atoms with E-state index in [2.05, 4.69) is 30.3 Å². The zero-order valence-electron chi connectivity index (χ0n) is 18.5. The Morgan fingerprint density at radius 3 is 2.24 bits per heavy atom. The molecule has 3 rings (SSSR count). The fourth-order valence-electron chi connectivity index (χ4n) is 3.98. The molecule has 0 aliphatic carbocycles. The number of aliphatic hydroxyl groups is 1. The highest BCUT2D eigenvalue weighted by Crippen LogP contribution is 2.31. The van der Waals surface area contributed by atoms with E-state index in [1.54, 1.807) is 12.1 Å². The number of hydrogen-bond acceptors (Lipinski definition) is 4. The van der Waals surface area contributed by atoms with Crippen LogP contribution in [0.15, 0.2) is 66.7 Å². The zero-order valence-corrected chi connectivity index (χ0v) is 18.5. The predicted octanol–water partition coefficient (Wildman–Crippen LogP) is 4.77. The van der Waals surface area contributed by atoms with Crippen molar-refractivity contribution in [2.24, 2.45) is 0 Å². The molecule has 3 N–H and O–H groups in total. The van der Waals surface area contributed by atoms with Gasteiger partial charge in [-0.15, -0.1) is 0 Å². The smallest absolute Gasteiger partial charge is 0.335 e. The molecule has 0 spiro atoms. The van der Waals surface area contributed by atoms with E-state index < -0.39 is 24.1 Å². The van der Waals surface area contributed by atoms with Crippen LogP contribution in [0.5, 0.6) is 0 Å². The molecule has 3 aromatic carbocycles. The van der Waals surface area contributed by atoms with Crippen LogP contribution in [0.4, 0.5) is 0 Å². The van der Waals surface area contributed by atoms with E-state index in [4.69, 9.17) is 9.84 Å². The number of carboxylic acid groups (broad SMARTS) is 2. The Labute approximate surface area is 193 Å². The third-order valence-corrected chi connectivity index (χ3v) is 5.71. The minimum Gasteiger partial charge on any atom is -0.481 e. The highest BCUT2D eigenvalue weighted by Gasteiger charge is 2.29. The first-order valence-corrected chi connectivity index (χ1v) is 11.3. The maximum absolute atomic E-state index is 11.5. The SMILES string of the molecule is O=C(O)CCOC(c1cccc2ccc(CCCCCc3ccccc3)cc12)C(O)C(=O)O. The third-order valence-electron chi connectivity index (χ3n) is 5.71. The van der Waals surface area contributed by atoms with Gasteiger partial charge in [0.05, 0.1) is 13.0 Å². The van der Waals surface area contributed by atoms with Crippen molar-refractivity contribution in [1.29, 1.82) is 0 Å². The Morgan fingerprint density at radius 1 is 0.818 bits per heavy atom. The van der Waals surface area contributed by atoms with Crippen molar-refractivity contribution in [3.05, 3.63) is 83.4 Å². The quantitative estimate of drug-likeness (QED) is 0.324. The van der Waals surface area contributed by atoms with Crippen LogP contribution in [0.3, 0.4) is 0 Å². The monoisotopic (exact) mass is 450 g/mol. The Hall–Kier alpha value is -3.22. The molecule has 174 valence electrons. The molecule has 0 heterocycles. The van der Waals surface area contributed by atoms with E-state index in [9.17, 15) is 19.8 Å². The van der Waals surface area contributed by atoms with Gasteiger partial charge in [0.2, 0.25) is 0 Å². The maximum Gasteiger partial charge on any atom is 0.335 e. The van der Waals surface area contributed by atoms with E-state index in [1.165, 1.54) is 5.56 Å². The summed E-state index contributed by atoms with van der Waals surface area (Å²) in [7, 11) is 0. The van der Waals surface area contributed by atoms with Gasteiger partial charge in [0.1, 0.15) is 6.10 Å². The number of hydrogen-bond donors (Lipinski definition) is 3. The van der Waals surface area contributed by atoms with E-state index >= 15 is 0 Å². The van der Waals surface area contributed by atoms with Crippen molar-refractivity contribution in [2.45, 2.75) is 50.7 Å². The fraction of sp³-hybridized carbons (Fsp3) is 0.333. The highest BCUT2D eigenvalue weighted by atomic mass is 16.5. The van der Waals surface area contributed by atoms with Gasteiger partial charge in [0, 0.05) is 0 Å². The van der Waals surface area contributed by atoms with Gasteiger partial charge in [-0.3, -0.25) is 4.79 Å². The normalized spacial score (nSPS) is 13.0. The summed E-state index contributed by atoms with van der Waals surface area (Å²) in [6.07, 6.45) is 1.98. The van der Waals surface area contributed by atoms with Crippen LogP contribution < -0.4 is 0 Å². The molecule has 33 heavy (non-hydrogen) atoms. The molecule has 0 amide bonds. The molecule has 0 saturated heterocycles. The van der Waals surface area contributed by atoms with Crippen molar-refractivity contribution in [2.75, 3.05) is 6.61 Å². The summed E-state index contributed by atoms with van der Waals surface area (Å²) in [5.41, 5.74) is 3.02. The topological polar surface area (TPSA) is 104 Å². The summed E-state index contributed by atoms with van der Waals surface area (Å²) in [6, 6.07) is 21.9. The van der Waals surface area contributed by atoms with E-state index in [0.717, 1.165) is 48.4 Å². The molecule has 0 aromatic heterocycles. The highest BCUT2D eigenvalue weighted by molar-refractivity contribution is 5.87. The maximum atomic E-state index is 11.5. The first-order valence-electron chi connectivity index (χ1n) is 11.3. The van der Waals surface area contributed by atoms with Crippen molar-refractivity contribution < 1.29 is 29.6 Å². The molecule has 0 fully saturated rings. The lowest BCUT2D eigenvalue weighted by Crippen LogP contribution is -2.30. The molecular formula is C27H30O6. The van der Waals surface area contributed by atoms with E-state index in [1.807, 2.05) is 24.3 Å². The van der Waals surface area contributed by atoms with Crippen molar-refractivity contribution in [3.8, 4) is 0 Å². The molecule has 0 radical (unpaired) electrons. The number of aliphatic carboxylic acids is 2. The summed E-state index contributed by atoms with van der Waals surface area (Å²) >= 11 is 0. The molecule has 0 saturated carbocycles. The standard InChI is InChI=1S/C27H30O6/c28-24(29)16-17-33-26(25(30)27(31)32)22-13-7-12-21-15-14-20(18-23(21)22)11-6-2-5-10-19-8-3-1-4-9-19/h1,3-4,7-9,12-15,18,25-26,30H,2,5-6,10-11,16-17H2,(H,28,29)(H,31,32).